The van der Waals surface area contributed by atoms with Crippen molar-refractivity contribution >= 4 is 17.5 Å². The van der Waals surface area contributed by atoms with Gasteiger partial charge in [-0.2, -0.15) is 4.98 Å². The molecule has 1 aliphatic heterocycles. The second-order valence-corrected chi connectivity index (χ2v) is 5.77. The first-order valence-corrected chi connectivity index (χ1v) is 8.04. The molecule has 7 nitrogen and oxygen atoms in total. The van der Waals surface area contributed by atoms with Crippen LogP contribution in [-0.2, 0) is 0 Å². The lowest BCUT2D eigenvalue weighted by Gasteiger charge is -2.28. The van der Waals surface area contributed by atoms with Crippen LogP contribution in [0.5, 0.6) is 5.75 Å². The molecule has 0 saturated heterocycles. The molecule has 1 aliphatic rings. The Morgan fingerprint density at radius 2 is 2.24 bits per heavy atom. The third kappa shape index (κ3) is 3.54. The zero-order valence-corrected chi connectivity index (χ0v) is 13.9. The summed E-state index contributed by atoms with van der Waals surface area (Å²) < 4.78 is 33.0. The molecular formula is C16H19F2N5O2. The predicted octanol–water partition coefficient (Wildman–Crippen LogP) is 2.94. The van der Waals surface area contributed by atoms with Gasteiger partial charge in [0.2, 0.25) is 11.8 Å². The van der Waals surface area contributed by atoms with Crippen LogP contribution in [0.1, 0.15) is 36.9 Å². The van der Waals surface area contributed by atoms with Crippen LogP contribution >= 0.6 is 0 Å². The number of carbonyl (C=O) groups is 1. The number of hydrogen-bond acceptors (Lipinski definition) is 5. The van der Waals surface area contributed by atoms with E-state index >= 15 is 0 Å². The lowest BCUT2D eigenvalue weighted by Crippen LogP contribution is -2.33. The van der Waals surface area contributed by atoms with Crippen LogP contribution in [-0.4, -0.2) is 39.7 Å². The minimum absolute atomic E-state index is 0.173. The molecule has 9 heteroatoms. The summed E-state index contributed by atoms with van der Waals surface area (Å²) >= 11 is 0. The van der Waals surface area contributed by atoms with Gasteiger partial charge in [0.15, 0.2) is 0 Å². The van der Waals surface area contributed by atoms with E-state index in [4.69, 9.17) is 4.74 Å². The summed E-state index contributed by atoms with van der Waals surface area (Å²) in [4.78, 5) is 16.5. The number of fused-ring (bicyclic) bond motifs is 1. The van der Waals surface area contributed by atoms with Crippen molar-refractivity contribution in [3.05, 3.63) is 30.1 Å². The maximum Gasteiger partial charge on any atom is 0.295 e. The van der Waals surface area contributed by atoms with Crippen molar-refractivity contribution in [2.24, 2.45) is 0 Å². The Bertz CT molecular complexity index is 765. The van der Waals surface area contributed by atoms with E-state index in [0.29, 0.717) is 18.0 Å². The molecule has 0 bridgehead atoms. The lowest BCUT2D eigenvalue weighted by molar-refractivity contribution is 0.0662. The highest BCUT2D eigenvalue weighted by Crippen LogP contribution is 2.30. The number of anilines is 2. The van der Waals surface area contributed by atoms with Crippen molar-refractivity contribution < 1.29 is 18.3 Å². The molecule has 134 valence electrons. The lowest BCUT2D eigenvalue weighted by atomic mass is 10.1. The highest BCUT2D eigenvalue weighted by atomic mass is 19.3. The number of aromatic nitrogens is 3. The van der Waals surface area contributed by atoms with E-state index in [1.54, 1.807) is 31.2 Å². The summed E-state index contributed by atoms with van der Waals surface area (Å²) in [6.45, 7) is 4.06. The number of alkyl halides is 2. The zero-order chi connectivity index (χ0) is 18.0. The smallest absolute Gasteiger partial charge is 0.295 e. The molecule has 1 aromatic carbocycles. The molecule has 0 radical (unpaired) electrons. The highest BCUT2D eigenvalue weighted by Gasteiger charge is 2.34. The van der Waals surface area contributed by atoms with E-state index < -0.39 is 18.4 Å². The molecule has 2 atom stereocenters. The summed E-state index contributed by atoms with van der Waals surface area (Å²) in [5.41, 5.74) is 0.467. The number of carbonyl (C=O) groups excluding carboxylic acids is 1. The highest BCUT2D eigenvalue weighted by molar-refractivity contribution is 6.02. The number of nitrogens with zero attached hydrogens (tertiary/aromatic N) is 3. The summed E-state index contributed by atoms with van der Waals surface area (Å²) in [5.74, 6) is -0.0723. The number of nitrogens with one attached hydrogen (secondary N) is 2. The summed E-state index contributed by atoms with van der Waals surface area (Å²) in [6, 6.07) is 5.66. The molecule has 0 spiro atoms. The quantitative estimate of drug-likeness (QED) is 0.866. The van der Waals surface area contributed by atoms with Gasteiger partial charge in [-0.15, -0.1) is 5.10 Å². The number of halogens is 2. The van der Waals surface area contributed by atoms with E-state index in [1.165, 1.54) is 0 Å². The number of rotatable bonds is 5. The first kappa shape index (κ1) is 17.1. The van der Waals surface area contributed by atoms with Gasteiger partial charge in [-0.1, -0.05) is 12.1 Å². The molecule has 2 aromatic rings. The van der Waals surface area contributed by atoms with Crippen LogP contribution in [0.2, 0.25) is 0 Å². The molecule has 0 fully saturated rings. The first-order chi connectivity index (χ1) is 12.0. The SMILES string of the molecule is CCOc1ccccc1NC(=O)c1nc2n(n1)[C@@H](C(F)F)C[C@H](C)N2. The molecular weight excluding hydrogens is 332 g/mol. The molecule has 25 heavy (non-hydrogen) atoms. The number of para-hydroxylation sites is 2. The minimum atomic E-state index is -2.58. The van der Waals surface area contributed by atoms with Crippen LogP contribution in [0.3, 0.4) is 0 Å². The topological polar surface area (TPSA) is 81.1 Å². The predicted molar refractivity (Wildman–Crippen MR) is 88.3 cm³/mol. The minimum Gasteiger partial charge on any atom is -0.492 e. The zero-order valence-electron chi connectivity index (χ0n) is 13.9. The molecule has 3 rings (SSSR count). The normalized spacial score (nSPS) is 19.2. The molecule has 2 heterocycles. The first-order valence-electron chi connectivity index (χ1n) is 8.04. The number of ether oxygens (including phenoxy) is 1. The Kier molecular flexibility index (Phi) is 4.82. The Labute approximate surface area is 143 Å². The summed E-state index contributed by atoms with van der Waals surface area (Å²) in [7, 11) is 0. The molecule has 1 aromatic heterocycles. The van der Waals surface area contributed by atoms with Crippen LogP contribution in [0.15, 0.2) is 24.3 Å². The van der Waals surface area contributed by atoms with Gasteiger partial charge in [0.1, 0.15) is 11.8 Å². The molecule has 0 saturated carbocycles. The maximum absolute atomic E-state index is 13.2. The van der Waals surface area contributed by atoms with Crippen molar-refractivity contribution in [3.63, 3.8) is 0 Å². The average molecular weight is 351 g/mol. The number of benzene rings is 1. The van der Waals surface area contributed by atoms with Gasteiger partial charge in [0, 0.05) is 6.04 Å². The number of amides is 1. The second-order valence-electron chi connectivity index (χ2n) is 5.77. The van der Waals surface area contributed by atoms with Crippen LogP contribution in [0.4, 0.5) is 20.4 Å². The van der Waals surface area contributed by atoms with E-state index in [9.17, 15) is 13.6 Å². The standard InChI is InChI=1S/C16H19F2N5O2/c1-3-25-12-7-5-4-6-10(12)20-15(24)14-21-16-19-9(2)8-11(13(17)18)23(16)22-14/h4-7,9,11,13H,3,8H2,1-2H3,(H,20,24)(H,19,21,22)/t9-,11+/m0/s1. The monoisotopic (exact) mass is 351 g/mol. The molecule has 0 aliphatic carbocycles. The van der Waals surface area contributed by atoms with Crippen molar-refractivity contribution in [2.45, 2.75) is 38.8 Å². The van der Waals surface area contributed by atoms with Crippen molar-refractivity contribution in [1.82, 2.24) is 14.8 Å². The Hall–Kier alpha value is -2.71. The van der Waals surface area contributed by atoms with Crippen LogP contribution in [0.25, 0.3) is 0 Å². The Balaban J connectivity index is 1.84. The Morgan fingerprint density at radius 3 is 2.96 bits per heavy atom. The van der Waals surface area contributed by atoms with E-state index in [2.05, 4.69) is 20.7 Å². The fourth-order valence-electron chi connectivity index (χ4n) is 2.73. The molecule has 1 amide bonds. The van der Waals surface area contributed by atoms with Gasteiger partial charge in [0.05, 0.1) is 12.3 Å². The van der Waals surface area contributed by atoms with Gasteiger partial charge in [0.25, 0.3) is 12.3 Å². The van der Waals surface area contributed by atoms with Crippen LogP contribution < -0.4 is 15.4 Å². The van der Waals surface area contributed by atoms with Crippen molar-refractivity contribution in [3.8, 4) is 5.75 Å². The van der Waals surface area contributed by atoms with E-state index in [-0.39, 0.29) is 24.2 Å². The van der Waals surface area contributed by atoms with Crippen molar-refractivity contribution in [2.75, 3.05) is 17.2 Å². The fourth-order valence-corrected chi connectivity index (χ4v) is 2.73. The molecule has 0 unspecified atom stereocenters. The van der Waals surface area contributed by atoms with Gasteiger partial charge < -0.3 is 15.4 Å². The maximum atomic E-state index is 13.2. The third-order valence-electron chi connectivity index (χ3n) is 3.85. The van der Waals surface area contributed by atoms with Crippen molar-refractivity contribution in [1.29, 1.82) is 0 Å². The van der Waals surface area contributed by atoms with Gasteiger partial charge in [-0.25, -0.2) is 13.5 Å². The van der Waals surface area contributed by atoms with Gasteiger partial charge in [-0.05, 0) is 32.4 Å². The van der Waals surface area contributed by atoms with E-state index in [0.717, 1.165) is 4.68 Å². The summed E-state index contributed by atoms with van der Waals surface area (Å²) in [6.07, 6.45) is -2.37. The third-order valence-corrected chi connectivity index (χ3v) is 3.85. The molecule has 2 N–H and O–H groups in total. The summed E-state index contributed by atoms with van der Waals surface area (Å²) in [5, 5.41) is 9.60. The number of hydrogen-bond donors (Lipinski definition) is 2. The second kappa shape index (κ2) is 7.04. The van der Waals surface area contributed by atoms with E-state index in [1.807, 2.05) is 6.92 Å². The van der Waals surface area contributed by atoms with Crippen LogP contribution in [0, 0.1) is 0 Å². The van der Waals surface area contributed by atoms with Gasteiger partial charge in [-0.3, -0.25) is 4.79 Å². The average Bonchev–Trinajstić information content (AvgIpc) is 2.99. The largest absolute Gasteiger partial charge is 0.492 e. The van der Waals surface area contributed by atoms with Gasteiger partial charge >= 0.3 is 0 Å². The Morgan fingerprint density at radius 1 is 1.48 bits per heavy atom. The fraction of sp³-hybridized carbons (Fsp3) is 0.438.